The number of hydrogen-bond donors (Lipinski definition) is 1. The van der Waals surface area contributed by atoms with Crippen LogP contribution in [0, 0.1) is 11.8 Å². The van der Waals surface area contributed by atoms with Crippen molar-refractivity contribution in [2.45, 2.75) is 30.6 Å². The van der Waals surface area contributed by atoms with E-state index < -0.39 is 35.1 Å². The Balaban J connectivity index is 1.26. The molecule has 1 aromatic carbocycles. The van der Waals surface area contributed by atoms with E-state index in [1.807, 2.05) is 0 Å². The second kappa shape index (κ2) is 10.2. The van der Waals surface area contributed by atoms with Gasteiger partial charge in [-0.2, -0.15) is 4.31 Å². The number of sulfonamides is 1. The SMILES string of the molecule is O=C(COC(=O)CN1C(=O)[C@H]2CCCC[C@H]2C1=O)Nc1ccc(S(=O)(=O)N2CCOCC2)cc1. The van der Waals surface area contributed by atoms with Crippen molar-refractivity contribution in [3.8, 4) is 0 Å². The first kappa shape index (κ1) is 24.3. The summed E-state index contributed by atoms with van der Waals surface area (Å²) in [6.07, 6.45) is 3.07. The molecule has 0 spiro atoms. The van der Waals surface area contributed by atoms with E-state index in [1.54, 1.807) is 0 Å². The van der Waals surface area contributed by atoms with Crippen molar-refractivity contribution in [1.82, 2.24) is 9.21 Å². The molecule has 0 bridgehead atoms. The lowest BCUT2D eigenvalue weighted by molar-refractivity contribution is -0.154. The molecule has 2 heterocycles. The number of fused-ring (bicyclic) bond motifs is 1. The van der Waals surface area contributed by atoms with Crippen molar-refractivity contribution in [3.63, 3.8) is 0 Å². The van der Waals surface area contributed by atoms with Crippen LogP contribution in [0.5, 0.6) is 0 Å². The number of esters is 1. The minimum atomic E-state index is -3.65. The molecule has 1 aromatic rings. The van der Waals surface area contributed by atoms with Crippen molar-refractivity contribution in [2.24, 2.45) is 11.8 Å². The predicted molar refractivity (Wildman–Crippen MR) is 118 cm³/mol. The number of likely N-dealkylation sites (tertiary alicyclic amines) is 1. The zero-order chi connectivity index (χ0) is 24.3. The van der Waals surface area contributed by atoms with Crippen molar-refractivity contribution < 1.29 is 37.1 Å². The lowest BCUT2D eigenvalue weighted by atomic mass is 9.81. The maximum absolute atomic E-state index is 12.6. The van der Waals surface area contributed by atoms with Gasteiger partial charge >= 0.3 is 5.97 Å². The first-order chi connectivity index (χ1) is 16.3. The van der Waals surface area contributed by atoms with Gasteiger partial charge in [-0.15, -0.1) is 0 Å². The van der Waals surface area contributed by atoms with Crippen LogP contribution in [0.15, 0.2) is 29.2 Å². The van der Waals surface area contributed by atoms with Crippen LogP contribution in [0.4, 0.5) is 5.69 Å². The highest BCUT2D eigenvalue weighted by Gasteiger charge is 2.48. The second-order valence-electron chi connectivity index (χ2n) is 8.51. The van der Waals surface area contributed by atoms with Crippen LogP contribution in [0.3, 0.4) is 0 Å². The van der Waals surface area contributed by atoms with Crippen molar-refractivity contribution in [1.29, 1.82) is 0 Å². The van der Waals surface area contributed by atoms with Crippen LogP contribution in [-0.2, 0) is 38.7 Å². The number of carbonyl (C=O) groups excluding carboxylic acids is 4. The van der Waals surface area contributed by atoms with Gasteiger partial charge in [0, 0.05) is 18.8 Å². The highest BCUT2D eigenvalue weighted by atomic mass is 32.2. The van der Waals surface area contributed by atoms with Gasteiger partial charge in [-0.25, -0.2) is 8.42 Å². The summed E-state index contributed by atoms with van der Waals surface area (Å²) in [6.45, 7) is 0.132. The second-order valence-corrected chi connectivity index (χ2v) is 10.4. The van der Waals surface area contributed by atoms with Crippen LogP contribution < -0.4 is 5.32 Å². The summed E-state index contributed by atoms with van der Waals surface area (Å²) in [5, 5.41) is 2.52. The van der Waals surface area contributed by atoms with Crippen molar-refractivity contribution in [3.05, 3.63) is 24.3 Å². The molecule has 12 heteroatoms. The van der Waals surface area contributed by atoms with Crippen LogP contribution in [0.2, 0.25) is 0 Å². The van der Waals surface area contributed by atoms with E-state index in [0.29, 0.717) is 31.7 Å². The van der Waals surface area contributed by atoms with Crippen LogP contribution >= 0.6 is 0 Å². The molecule has 11 nitrogen and oxygen atoms in total. The number of nitrogens with one attached hydrogen (secondary N) is 1. The fourth-order valence-electron chi connectivity index (χ4n) is 4.55. The molecule has 2 atom stereocenters. The lowest BCUT2D eigenvalue weighted by Crippen LogP contribution is -2.40. The molecule has 0 radical (unpaired) electrons. The number of ether oxygens (including phenoxy) is 2. The highest BCUT2D eigenvalue weighted by Crippen LogP contribution is 2.37. The summed E-state index contributed by atoms with van der Waals surface area (Å²) in [7, 11) is -3.65. The number of imide groups is 1. The lowest BCUT2D eigenvalue weighted by Gasteiger charge is -2.26. The molecule has 0 unspecified atom stereocenters. The number of rotatable bonds is 7. The minimum Gasteiger partial charge on any atom is -0.454 e. The normalized spacial score (nSPS) is 23.5. The topological polar surface area (TPSA) is 139 Å². The molecule has 3 fully saturated rings. The zero-order valence-corrected chi connectivity index (χ0v) is 19.4. The Morgan fingerprint density at radius 1 is 1.00 bits per heavy atom. The largest absolute Gasteiger partial charge is 0.454 e. The maximum Gasteiger partial charge on any atom is 0.326 e. The molecule has 34 heavy (non-hydrogen) atoms. The molecule has 184 valence electrons. The van der Waals surface area contributed by atoms with Gasteiger partial charge in [0.25, 0.3) is 5.91 Å². The Morgan fingerprint density at radius 2 is 1.59 bits per heavy atom. The molecule has 4 rings (SSSR count). The molecule has 0 aromatic heterocycles. The number of anilines is 1. The number of nitrogens with zero attached hydrogens (tertiary/aromatic N) is 2. The fourth-order valence-corrected chi connectivity index (χ4v) is 5.96. The van der Waals surface area contributed by atoms with Gasteiger partial charge in [-0.1, -0.05) is 12.8 Å². The molecule has 1 saturated carbocycles. The average molecular weight is 494 g/mol. The molecule has 3 amide bonds. The summed E-state index contributed by atoms with van der Waals surface area (Å²) in [5.41, 5.74) is 0.330. The molecular weight excluding hydrogens is 466 g/mol. The van der Waals surface area contributed by atoms with Crippen LogP contribution in [-0.4, -0.2) is 80.8 Å². The number of hydrogen-bond acceptors (Lipinski definition) is 8. The van der Waals surface area contributed by atoms with E-state index in [4.69, 9.17) is 9.47 Å². The third-order valence-electron chi connectivity index (χ3n) is 6.33. The third kappa shape index (κ3) is 5.13. The molecular formula is C22H27N3O8S. The highest BCUT2D eigenvalue weighted by molar-refractivity contribution is 7.89. The zero-order valence-electron chi connectivity index (χ0n) is 18.6. The van der Waals surface area contributed by atoms with Gasteiger partial charge in [0.2, 0.25) is 21.8 Å². The summed E-state index contributed by atoms with van der Waals surface area (Å²) < 4.78 is 36.7. The first-order valence-corrected chi connectivity index (χ1v) is 12.7. The van der Waals surface area contributed by atoms with E-state index in [0.717, 1.165) is 17.7 Å². The Bertz CT molecular complexity index is 1040. The molecule has 1 aliphatic carbocycles. The molecule has 3 aliphatic rings. The van der Waals surface area contributed by atoms with Crippen molar-refractivity contribution >= 4 is 39.4 Å². The summed E-state index contributed by atoms with van der Waals surface area (Å²) in [4.78, 5) is 50.2. The number of amides is 3. The molecule has 2 aliphatic heterocycles. The third-order valence-corrected chi connectivity index (χ3v) is 8.24. The van der Waals surface area contributed by atoms with Gasteiger partial charge in [0.05, 0.1) is 29.9 Å². The van der Waals surface area contributed by atoms with Crippen molar-refractivity contribution in [2.75, 3.05) is 44.8 Å². The number of carbonyl (C=O) groups is 4. The number of morpholine rings is 1. The Labute approximate surface area is 197 Å². The van der Waals surface area contributed by atoms with Gasteiger partial charge < -0.3 is 14.8 Å². The van der Waals surface area contributed by atoms with Gasteiger partial charge in [0.15, 0.2) is 6.61 Å². The van der Waals surface area contributed by atoms with Gasteiger partial charge in [0.1, 0.15) is 6.54 Å². The predicted octanol–water partition coefficient (Wildman–Crippen LogP) is 0.364. The van der Waals surface area contributed by atoms with E-state index in [9.17, 15) is 27.6 Å². The Kier molecular flexibility index (Phi) is 7.29. The Hall–Kier alpha value is -2.83. The molecule has 2 saturated heterocycles. The summed E-state index contributed by atoms with van der Waals surface area (Å²) in [5.74, 6) is -2.88. The van der Waals surface area contributed by atoms with E-state index >= 15 is 0 Å². The number of benzene rings is 1. The minimum absolute atomic E-state index is 0.0966. The molecule has 1 N–H and O–H groups in total. The smallest absolute Gasteiger partial charge is 0.326 e. The summed E-state index contributed by atoms with van der Waals surface area (Å²) in [6, 6.07) is 5.65. The van der Waals surface area contributed by atoms with Crippen LogP contribution in [0.1, 0.15) is 25.7 Å². The van der Waals surface area contributed by atoms with E-state index in [2.05, 4.69) is 5.32 Å². The van der Waals surface area contributed by atoms with Crippen LogP contribution in [0.25, 0.3) is 0 Å². The average Bonchev–Trinajstić information content (AvgIpc) is 3.08. The summed E-state index contributed by atoms with van der Waals surface area (Å²) >= 11 is 0. The standard InChI is InChI=1S/C22H27N3O8S/c26-19(14-33-20(27)13-25-21(28)17-3-1-2-4-18(17)22(25)29)23-15-5-7-16(8-6-15)34(30,31)24-9-11-32-12-10-24/h5-8,17-18H,1-4,9-14H2,(H,23,26)/t17-,18+. The first-order valence-electron chi connectivity index (χ1n) is 11.3. The maximum atomic E-state index is 12.6. The van der Waals surface area contributed by atoms with Gasteiger partial charge in [-0.05, 0) is 37.1 Å². The van der Waals surface area contributed by atoms with Gasteiger partial charge in [-0.3, -0.25) is 24.1 Å². The monoisotopic (exact) mass is 493 g/mol. The quantitative estimate of drug-likeness (QED) is 0.424. The Morgan fingerprint density at radius 3 is 2.18 bits per heavy atom. The van der Waals surface area contributed by atoms with E-state index in [-0.39, 0.29) is 41.6 Å². The van der Waals surface area contributed by atoms with E-state index in [1.165, 1.54) is 28.6 Å². The fraction of sp³-hybridized carbons (Fsp3) is 0.545.